The number of hydrogen-bond donors (Lipinski definition) is 1. The highest BCUT2D eigenvalue weighted by molar-refractivity contribution is 7.46. The van der Waals surface area contributed by atoms with Gasteiger partial charge in [-0.3, -0.25) is 14.5 Å². The zero-order valence-corrected chi connectivity index (χ0v) is 16.7. The second kappa shape index (κ2) is 8.78. The van der Waals surface area contributed by atoms with Crippen molar-refractivity contribution in [3.63, 3.8) is 0 Å². The summed E-state index contributed by atoms with van der Waals surface area (Å²) in [6.45, 7) is 7.23. The number of anilines is 1. The summed E-state index contributed by atoms with van der Waals surface area (Å²) in [7, 11) is 0.666. The molecule has 7 heteroatoms. The molecule has 0 aliphatic carbocycles. The van der Waals surface area contributed by atoms with Gasteiger partial charge < -0.3 is 10.1 Å². The monoisotopic (exact) mass is 382 g/mol. The van der Waals surface area contributed by atoms with Crippen LogP contribution in [0.1, 0.15) is 25.1 Å². The molecule has 0 radical (unpaired) electrons. The average molecular weight is 382 g/mol. The number of nitrogens with one attached hydrogen (secondary N) is 1. The maximum Gasteiger partial charge on any atom is 0.211 e. The Kier molecular flexibility index (Phi) is 6.20. The fraction of sp³-hybridized carbons (Fsp3) is 0.250. The smallest absolute Gasteiger partial charge is 0.211 e. The summed E-state index contributed by atoms with van der Waals surface area (Å²) in [6.07, 6.45) is 4.37. The molecule has 1 aromatic carbocycles. The number of carbonyl (C=O) groups excluding carboxylic acids is 1. The van der Waals surface area contributed by atoms with E-state index in [1.807, 2.05) is 49.0 Å². The molecule has 1 amide bonds. The summed E-state index contributed by atoms with van der Waals surface area (Å²) in [6, 6.07) is 9.76. The fourth-order valence-corrected chi connectivity index (χ4v) is 3.63. The lowest BCUT2D eigenvalue weighted by Gasteiger charge is -2.09. The van der Waals surface area contributed by atoms with E-state index < -0.39 is 0 Å². The Morgan fingerprint density at radius 1 is 1.26 bits per heavy atom. The van der Waals surface area contributed by atoms with Crippen LogP contribution in [0.25, 0.3) is 11.3 Å². The molecule has 1 aliphatic heterocycles. The summed E-state index contributed by atoms with van der Waals surface area (Å²) in [4.78, 5) is 14.8. The summed E-state index contributed by atoms with van der Waals surface area (Å²) in [5.41, 5.74) is 4.87. The summed E-state index contributed by atoms with van der Waals surface area (Å²) < 4.78 is 7.92. The Hall–Kier alpha value is -2.72. The molecule has 3 aromatic rings. The van der Waals surface area contributed by atoms with Gasteiger partial charge in [0.2, 0.25) is 6.41 Å². The highest BCUT2D eigenvalue weighted by atomic mass is 31.1. The number of aromatic nitrogens is 3. The number of carbonyl (C=O) groups is 1. The number of amides is 1. The van der Waals surface area contributed by atoms with Crippen LogP contribution >= 0.6 is 8.58 Å². The van der Waals surface area contributed by atoms with E-state index in [0.717, 1.165) is 34.0 Å². The minimum absolute atomic E-state index is 0.444. The molecule has 2 aromatic heterocycles. The van der Waals surface area contributed by atoms with Crippen molar-refractivity contribution in [1.82, 2.24) is 14.8 Å². The molecule has 4 rings (SSSR count). The van der Waals surface area contributed by atoms with E-state index in [4.69, 9.17) is 9.84 Å². The van der Waals surface area contributed by atoms with Crippen LogP contribution in [0, 0.1) is 0 Å². The molecule has 140 valence electrons. The lowest BCUT2D eigenvalue weighted by atomic mass is 10.2. The van der Waals surface area contributed by atoms with Gasteiger partial charge in [0.25, 0.3) is 0 Å². The molecular weight excluding hydrogens is 359 g/mol. The SMILES string of the molecule is CC.CPc1cnccc1-c1cc2n(n1)Cc1ccc(NC=O)cc1OC2. The van der Waals surface area contributed by atoms with Gasteiger partial charge in [0.1, 0.15) is 12.4 Å². The first kappa shape index (κ1) is 19.1. The van der Waals surface area contributed by atoms with Crippen LogP contribution in [0.2, 0.25) is 0 Å². The first-order valence-corrected chi connectivity index (χ1v) is 10.4. The van der Waals surface area contributed by atoms with Crippen LogP contribution in [-0.4, -0.2) is 27.8 Å². The van der Waals surface area contributed by atoms with E-state index >= 15 is 0 Å². The predicted octanol–water partition coefficient (Wildman–Crippen LogP) is 3.41. The van der Waals surface area contributed by atoms with E-state index in [1.54, 1.807) is 6.20 Å². The van der Waals surface area contributed by atoms with E-state index in [2.05, 4.69) is 23.0 Å². The molecule has 6 nitrogen and oxygen atoms in total. The molecule has 1 aliphatic rings. The van der Waals surface area contributed by atoms with E-state index in [-0.39, 0.29) is 0 Å². The zero-order valence-electron chi connectivity index (χ0n) is 15.7. The normalized spacial score (nSPS) is 12.3. The number of rotatable bonds is 4. The van der Waals surface area contributed by atoms with Gasteiger partial charge >= 0.3 is 0 Å². The lowest BCUT2D eigenvalue weighted by Crippen LogP contribution is -2.05. The minimum atomic E-state index is 0.444. The number of pyridine rings is 1. The topological polar surface area (TPSA) is 69.0 Å². The van der Waals surface area contributed by atoms with Crippen molar-refractivity contribution in [3.8, 4) is 17.0 Å². The minimum Gasteiger partial charge on any atom is -0.487 e. The van der Waals surface area contributed by atoms with E-state index in [0.29, 0.717) is 28.1 Å². The summed E-state index contributed by atoms with van der Waals surface area (Å²) in [5.74, 6) is 0.776. The Balaban J connectivity index is 0.00000102. The second-order valence-corrected chi connectivity index (χ2v) is 6.76. The van der Waals surface area contributed by atoms with Crippen LogP contribution in [0.5, 0.6) is 5.75 Å². The lowest BCUT2D eigenvalue weighted by molar-refractivity contribution is -0.105. The second-order valence-electron chi connectivity index (χ2n) is 5.72. The van der Waals surface area contributed by atoms with Crippen molar-refractivity contribution in [2.45, 2.75) is 27.0 Å². The highest BCUT2D eigenvalue weighted by Crippen LogP contribution is 2.30. The standard InChI is InChI=1S/C18H17N4O2P.C2H6/c1-25-18-8-19-5-4-15(18)16-7-14-10-24-17-6-13(20-11-23)3-2-12(17)9-22(14)21-16;1-2/h2-8,11,25H,9-10H2,1H3,(H,20,23);1-2H3. The highest BCUT2D eigenvalue weighted by Gasteiger charge is 2.18. The Morgan fingerprint density at radius 3 is 2.89 bits per heavy atom. The van der Waals surface area contributed by atoms with Gasteiger partial charge in [-0.05, 0) is 24.9 Å². The van der Waals surface area contributed by atoms with E-state index in [1.165, 1.54) is 5.30 Å². The van der Waals surface area contributed by atoms with Crippen LogP contribution in [0.3, 0.4) is 0 Å². The number of hydrogen-bond acceptors (Lipinski definition) is 4. The molecule has 1 atom stereocenters. The molecule has 0 bridgehead atoms. The van der Waals surface area contributed by atoms with Crippen molar-refractivity contribution in [2.75, 3.05) is 12.0 Å². The van der Waals surface area contributed by atoms with Crippen LogP contribution < -0.4 is 15.4 Å². The first-order chi connectivity index (χ1) is 13.3. The Labute approximate surface area is 160 Å². The third-order valence-corrected chi connectivity index (χ3v) is 5.16. The molecule has 0 spiro atoms. The number of fused-ring (bicyclic) bond motifs is 2. The van der Waals surface area contributed by atoms with Crippen LogP contribution in [0.4, 0.5) is 5.69 Å². The van der Waals surface area contributed by atoms with Gasteiger partial charge in [0.05, 0.1) is 17.9 Å². The maximum absolute atomic E-state index is 10.6. The predicted molar refractivity (Wildman–Crippen MR) is 110 cm³/mol. The van der Waals surface area contributed by atoms with Gasteiger partial charge in [-0.2, -0.15) is 5.10 Å². The molecule has 3 heterocycles. The van der Waals surface area contributed by atoms with Crippen molar-refractivity contribution in [3.05, 3.63) is 54.0 Å². The van der Waals surface area contributed by atoms with Gasteiger partial charge in [-0.15, -0.1) is 0 Å². The largest absolute Gasteiger partial charge is 0.487 e. The number of nitrogens with zero attached hydrogens (tertiary/aromatic N) is 3. The molecule has 0 saturated heterocycles. The van der Waals surface area contributed by atoms with Crippen LogP contribution in [-0.2, 0) is 17.9 Å². The Morgan fingerprint density at radius 2 is 2.11 bits per heavy atom. The molecule has 0 fully saturated rings. The Bertz CT molecular complexity index is 939. The van der Waals surface area contributed by atoms with Crippen LogP contribution in [0.15, 0.2) is 42.7 Å². The maximum atomic E-state index is 10.6. The molecule has 27 heavy (non-hydrogen) atoms. The van der Waals surface area contributed by atoms with Gasteiger partial charge in [0.15, 0.2) is 0 Å². The van der Waals surface area contributed by atoms with Crippen molar-refractivity contribution < 1.29 is 9.53 Å². The third kappa shape index (κ3) is 4.01. The quantitative estimate of drug-likeness (QED) is 0.555. The number of ether oxygens (including phenoxy) is 1. The molecule has 0 saturated carbocycles. The van der Waals surface area contributed by atoms with E-state index in [9.17, 15) is 4.79 Å². The van der Waals surface area contributed by atoms with Gasteiger partial charge in [-0.1, -0.05) is 28.5 Å². The molecule has 1 N–H and O–H groups in total. The average Bonchev–Trinajstić information content (AvgIpc) is 3.04. The van der Waals surface area contributed by atoms with Gasteiger partial charge in [-0.25, -0.2) is 0 Å². The third-order valence-electron chi connectivity index (χ3n) is 4.22. The van der Waals surface area contributed by atoms with Crippen molar-refractivity contribution in [1.29, 1.82) is 0 Å². The molecule has 1 unspecified atom stereocenters. The molecular formula is C20H23N4O2P. The summed E-state index contributed by atoms with van der Waals surface area (Å²) in [5, 5.41) is 8.65. The number of benzene rings is 1. The summed E-state index contributed by atoms with van der Waals surface area (Å²) >= 11 is 0. The first-order valence-electron chi connectivity index (χ1n) is 8.93. The fourth-order valence-electron chi connectivity index (χ4n) is 2.95. The van der Waals surface area contributed by atoms with Crippen molar-refractivity contribution in [2.24, 2.45) is 0 Å². The zero-order chi connectivity index (χ0) is 19.2. The van der Waals surface area contributed by atoms with Crippen molar-refractivity contribution >= 4 is 26.0 Å². The van der Waals surface area contributed by atoms with Gasteiger partial charge in [0, 0.05) is 40.6 Å².